The Bertz CT molecular complexity index is 547. The topological polar surface area (TPSA) is 26.3 Å². The van der Waals surface area contributed by atoms with E-state index in [-0.39, 0.29) is 12.8 Å². The van der Waals surface area contributed by atoms with Crippen LogP contribution in [0.4, 0.5) is 52.7 Å². The lowest BCUT2D eigenvalue weighted by atomic mass is 9.93. The van der Waals surface area contributed by atoms with Crippen molar-refractivity contribution in [3.63, 3.8) is 0 Å². The van der Waals surface area contributed by atoms with Crippen LogP contribution in [0.1, 0.15) is 19.3 Å². The molecule has 16 heteroatoms. The summed E-state index contributed by atoms with van der Waals surface area (Å²) in [7, 11) is 0. The van der Waals surface area contributed by atoms with Gasteiger partial charge in [-0.1, -0.05) is 22.6 Å². The summed E-state index contributed by atoms with van der Waals surface area (Å²) >= 11 is 1.10. The second kappa shape index (κ2) is 9.07. The Balaban J connectivity index is 5.59. The number of hydrogen-bond donors (Lipinski definition) is 0. The molecule has 28 heavy (non-hydrogen) atoms. The van der Waals surface area contributed by atoms with Gasteiger partial charge in [0, 0.05) is 33.4 Å². The highest BCUT2D eigenvalue weighted by molar-refractivity contribution is 14.1. The molecule has 0 N–H and O–H groups in total. The van der Waals surface area contributed by atoms with Crippen molar-refractivity contribution < 1.29 is 62.2 Å². The van der Waals surface area contributed by atoms with E-state index in [2.05, 4.69) is 4.74 Å². The Morgan fingerprint density at radius 2 is 1.18 bits per heavy atom. The number of rotatable bonds is 11. The molecule has 0 aliphatic carbocycles. The molecular formula is C12H10F12I2O2. The molecule has 0 aliphatic heterocycles. The molecule has 0 rings (SSSR count). The van der Waals surface area contributed by atoms with Crippen LogP contribution < -0.4 is 0 Å². The number of alkyl halides is 14. The lowest BCUT2D eigenvalue weighted by molar-refractivity contribution is -0.415. The first-order valence-electron chi connectivity index (χ1n) is 6.88. The van der Waals surface area contributed by atoms with Gasteiger partial charge in [0.25, 0.3) is 0 Å². The van der Waals surface area contributed by atoms with Gasteiger partial charge in [-0.25, -0.2) is 0 Å². The summed E-state index contributed by atoms with van der Waals surface area (Å²) in [4.78, 5) is 11.0. The lowest BCUT2D eigenvalue weighted by Crippen LogP contribution is -2.69. The van der Waals surface area contributed by atoms with E-state index >= 15 is 0 Å². The van der Waals surface area contributed by atoms with E-state index in [1.54, 1.807) is 0 Å². The van der Waals surface area contributed by atoms with Gasteiger partial charge in [-0.05, 0) is 6.42 Å². The average molecular weight is 668 g/mol. The van der Waals surface area contributed by atoms with Crippen molar-refractivity contribution >= 4 is 51.2 Å². The molecule has 0 saturated heterocycles. The molecule has 0 aromatic rings. The van der Waals surface area contributed by atoms with E-state index in [0.29, 0.717) is 4.43 Å². The first kappa shape index (κ1) is 28.1. The van der Waals surface area contributed by atoms with Crippen LogP contribution in [0.2, 0.25) is 0 Å². The Morgan fingerprint density at radius 1 is 0.750 bits per heavy atom. The minimum atomic E-state index is -7.59. The van der Waals surface area contributed by atoms with Crippen LogP contribution in [0.5, 0.6) is 0 Å². The number of esters is 1. The van der Waals surface area contributed by atoms with Crippen molar-refractivity contribution in [2.24, 2.45) is 0 Å². The number of halogens is 14. The van der Waals surface area contributed by atoms with Crippen molar-refractivity contribution in [1.29, 1.82) is 0 Å². The van der Waals surface area contributed by atoms with E-state index in [4.69, 9.17) is 0 Å². The van der Waals surface area contributed by atoms with Gasteiger partial charge in [0.1, 0.15) is 0 Å². The van der Waals surface area contributed by atoms with Crippen LogP contribution in [-0.4, -0.2) is 50.5 Å². The highest BCUT2D eigenvalue weighted by Crippen LogP contribution is 2.61. The highest BCUT2D eigenvalue weighted by Gasteiger charge is 2.89. The zero-order chi connectivity index (χ0) is 22.8. The normalized spacial score (nSPS) is 14.9. The van der Waals surface area contributed by atoms with E-state index < -0.39 is 75.1 Å². The molecule has 0 radical (unpaired) electrons. The van der Waals surface area contributed by atoms with Crippen molar-refractivity contribution in [2.45, 2.75) is 52.8 Å². The molecule has 2 nitrogen and oxygen atoms in total. The van der Waals surface area contributed by atoms with Gasteiger partial charge >= 0.3 is 39.5 Å². The molecule has 0 amide bonds. The average Bonchev–Trinajstić information content (AvgIpc) is 2.50. The van der Waals surface area contributed by atoms with Crippen LogP contribution in [0, 0.1) is 0 Å². The van der Waals surface area contributed by atoms with Crippen LogP contribution >= 0.6 is 45.2 Å². The molecule has 0 heterocycles. The quantitative estimate of drug-likeness (QED) is 0.111. The zero-order valence-corrected chi connectivity index (χ0v) is 17.5. The fourth-order valence-corrected chi connectivity index (χ4v) is 2.26. The fourth-order valence-electron chi connectivity index (χ4n) is 1.54. The first-order chi connectivity index (χ1) is 12.2. The highest BCUT2D eigenvalue weighted by atomic mass is 127. The van der Waals surface area contributed by atoms with Crippen molar-refractivity contribution in [3.8, 4) is 0 Å². The van der Waals surface area contributed by atoms with E-state index in [0.717, 1.165) is 0 Å². The Morgan fingerprint density at radius 3 is 1.57 bits per heavy atom. The number of ether oxygens (including phenoxy) is 1. The minimum absolute atomic E-state index is 0.190. The molecule has 0 spiro atoms. The number of carbonyl (C=O) groups excluding carboxylic acids is 1. The molecule has 0 aromatic heterocycles. The van der Waals surface area contributed by atoms with Gasteiger partial charge in [-0.3, -0.25) is 4.79 Å². The predicted octanol–water partition coefficient (Wildman–Crippen LogP) is 6.34. The molecule has 0 aliphatic rings. The maximum atomic E-state index is 13.4. The van der Waals surface area contributed by atoms with Gasteiger partial charge < -0.3 is 4.74 Å². The molecule has 0 saturated carbocycles. The van der Waals surface area contributed by atoms with Crippen molar-refractivity contribution in [1.82, 2.24) is 0 Å². The maximum Gasteiger partial charge on any atom is 0.387 e. The predicted molar refractivity (Wildman–Crippen MR) is 87.4 cm³/mol. The van der Waals surface area contributed by atoms with Gasteiger partial charge in [0.05, 0.1) is 13.0 Å². The van der Waals surface area contributed by atoms with Crippen LogP contribution in [0.3, 0.4) is 0 Å². The van der Waals surface area contributed by atoms with Gasteiger partial charge in [0.15, 0.2) is 0 Å². The standard InChI is InChI=1S/C12H10F12I2O2/c13-7(14,3-5-28-6(27)2-1-4-25)8(15,16)9(17,18)10(19,20)11(21,22)12(23,24)26/h1-5H2. The zero-order valence-electron chi connectivity index (χ0n) is 13.1. The second-order valence-corrected chi connectivity index (χ2v) is 7.70. The SMILES string of the molecule is O=C(CCCI)OCCC(F)(F)C(F)(F)C(F)(F)C(F)(F)C(F)(F)C(F)(F)I. The molecule has 168 valence electrons. The summed E-state index contributed by atoms with van der Waals surface area (Å²) < 4.78 is 156. The van der Waals surface area contributed by atoms with Crippen LogP contribution in [0.25, 0.3) is 0 Å². The molecule has 0 fully saturated rings. The van der Waals surface area contributed by atoms with Crippen LogP contribution in [0.15, 0.2) is 0 Å². The largest absolute Gasteiger partial charge is 0.465 e. The summed E-state index contributed by atoms with van der Waals surface area (Å²) in [6.07, 6.45) is -2.61. The lowest BCUT2D eigenvalue weighted by Gasteiger charge is -2.40. The summed E-state index contributed by atoms with van der Waals surface area (Å²) in [6.45, 7) is -1.64. The van der Waals surface area contributed by atoms with Gasteiger partial charge in [-0.2, -0.15) is 52.7 Å². The molecule has 0 unspecified atom stereocenters. The molecule has 0 bridgehead atoms. The summed E-state index contributed by atoms with van der Waals surface area (Å²) in [6, 6.07) is 0. The van der Waals surface area contributed by atoms with Gasteiger partial charge in [0.2, 0.25) is 0 Å². The summed E-state index contributed by atoms with van der Waals surface area (Å²) in [5.74, 6) is -36.7. The van der Waals surface area contributed by atoms with Crippen LogP contribution in [-0.2, 0) is 9.53 Å². The Hall–Kier alpha value is 0.0900. The third-order valence-electron chi connectivity index (χ3n) is 3.19. The fraction of sp³-hybridized carbons (Fsp3) is 0.917. The van der Waals surface area contributed by atoms with E-state index in [1.807, 2.05) is 22.6 Å². The third-order valence-corrected chi connectivity index (χ3v) is 4.63. The summed E-state index contributed by atoms with van der Waals surface area (Å²) in [5.41, 5.74) is 0. The number of carbonyl (C=O) groups is 1. The maximum absolute atomic E-state index is 13.4. The van der Waals surface area contributed by atoms with Crippen molar-refractivity contribution in [2.75, 3.05) is 11.0 Å². The first-order valence-corrected chi connectivity index (χ1v) is 9.48. The smallest absolute Gasteiger partial charge is 0.387 e. The Labute approximate surface area is 177 Å². The summed E-state index contributed by atoms with van der Waals surface area (Å²) in [5, 5.41) is 0. The number of hydrogen-bond acceptors (Lipinski definition) is 2. The molecule has 0 atom stereocenters. The molecule has 0 aromatic carbocycles. The molecular weight excluding hydrogens is 658 g/mol. The van der Waals surface area contributed by atoms with E-state index in [1.165, 1.54) is 0 Å². The third kappa shape index (κ3) is 5.22. The second-order valence-electron chi connectivity index (χ2n) is 5.26. The monoisotopic (exact) mass is 668 g/mol. The van der Waals surface area contributed by atoms with E-state index in [9.17, 15) is 57.5 Å². The van der Waals surface area contributed by atoms with Crippen molar-refractivity contribution in [3.05, 3.63) is 0 Å². The van der Waals surface area contributed by atoms with Gasteiger partial charge in [-0.15, -0.1) is 0 Å². The Kier molecular flexibility index (Phi) is 9.10. The minimum Gasteiger partial charge on any atom is -0.465 e.